The van der Waals surface area contributed by atoms with Crippen molar-refractivity contribution in [2.45, 2.75) is 19.9 Å². The summed E-state index contributed by atoms with van der Waals surface area (Å²) in [6, 6.07) is 11.6. The molecule has 1 heterocycles. The van der Waals surface area contributed by atoms with E-state index in [1.165, 1.54) is 6.92 Å². The zero-order valence-corrected chi connectivity index (χ0v) is 11.0. The SMILES string of the molecule is CC(=O)Nc1ccccc1CNCCc1ccco1. The van der Waals surface area contributed by atoms with E-state index in [2.05, 4.69) is 10.6 Å². The van der Waals surface area contributed by atoms with Gasteiger partial charge in [-0.1, -0.05) is 18.2 Å². The monoisotopic (exact) mass is 258 g/mol. The van der Waals surface area contributed by atoms with Crippen LogP contribution in [-0.4, -0.2) is 12.5 Å². The van der Waals surface area contributed by atoms with Gasteiger partial charge in [-0.05, 0) is 23.8 Å². The van der Waals surface area contributed by atoms with Gasteiger partial charge in [0.1, 0.15) is 5.76 Å². The van der Waals surface area contributed by atoms with E-state index in [4.69, 9.17) is 4.42 Å². The molecule has 0 fully saturated rings. The lowest BCUT2D eigenvalue weighted by Gasteiger charge is -2.10. The van der Waals surface area contributed by atoms with Gasteiger partial charge in [-0.2, -0.15) is 0 Å². The molecule has 0 aliphatic rings. The van der Waals surface area contributed by atoms with Crippen molar-refractivity contribution in [2.24, 2.45) is 0 Å². The van der Waals surface area contributed by atoms with Gasteiger partial charge in [0.05, 0.1) is 6.26 Å². The van der Waals surface area contributed by atoms with Gasteiger partial charge in [0.2, 0.25) is 5.91 Å². The molecule has 1 aromatic heterocycles. The van der Waals surface area contributed by atoms with Crippen LogP contribution in [0.25, 0.3) is 0 Å². The van der Waals surface area contributed by atoms with Crippen LogP contribution in [0.4, 0.5) is 5.69 Å². The molecule has 0 aliphatic carbocycles. The summed E-state index contributed by atoms with van der Waals surface area (Å²) in [5.41, 5.74) is 1.94. The minimum absolute atomic E-state index is 0.0527. The van der Waals surface area contributed by atoms with Crippen molar-refractivity contribution in [1.82, 2.24) is 5.32 Å². The number of amides is 1. The van der Waals surface area contributed by atoms with Gasteiger partial charge < -0.3 is 15.1 Å². The number of hydrogen-bond acceptors (Lipinski definition) is 3. The first-order valence-corrected chi connectivity index (χ1v) is 6.34. The number of benzene rings is 1. The van der Waals surface area contributed by atoms with E-state index >= 15 is 0 Å². The molecule has 1 aromatic carbocycles. The van der Waals surface area contributed by atoms with Gasteiger partial charge in [-0.25, -0.2) is 0 Å². The number of rotatable bonds is 6. The zero-order valence-electron chi connectivity index (χ0n) is 11.0. The third-order valence-electron chi connectivity index (χ3n) is 2.77. The topological polar surface area (TPSA) is 54.3 Å². The van der Waals surface area contributed by atoms with Crippen molar-refractivity contribution in [3.63, 3.8) is 0 Å². The minimum Gasteiger partial charge on any atom is -0.469 e. The summed E-state index contributed by atoms with van der Waals surface area (Å²) < 4.78 is 5.27. The summed E-state index contributed by atoms with van der Waals surface area (Å²) in [5, 5.41) is 6.17. The molecule has 0 saturated carbocycles. The summed E-state index contributed by atoms with van der Waals surface area (Å²) in [5.74, 6) is 0.922. The Labute approximate surface area is 112 Å². The molecule has 0 unspecified atom stereocenters. The molecule has 0 aliphatic heterocycles. The van der Waals surface area contributed by atoms with Crippen molar-refractivity contribution in [1.29, 1.82) is 0 Å². The fraction of sp³-hybridized carbons (Fsp3) is 0.267. The van der Waals surface area contributed by atoms with E-state index in [9.17, 15) is 4.79 Å². The molecule has 2 aromatic rings. The lowest BCUT2D eigenvalue weighted by atomic mass is 10.1. The van der Waals surface area contributed by atoms with Gasteiger partial charge in [0.15, 0.2) is 0 Å². The summed E-state index contributed by atoms with van der Waals surface area (Å²) in [7, 11) is 0. The van der Waals surface area contributed by atoms with Crippen molar-refractivity contribution >= 4 is 11.6 Å². The van der Waals surface area contributed by atoms with Gasteiger partial charge >= 0.3 is 0 Å². The largest absolute Gasteiger partial charge is 0.469 e. The van der Waals surface area contributed by atoms with E-state index in [0.29, 0.717) is 0 Å². The first-order valence-electron chi connectivity index (χ1n) is 6.34. The fourth-order valence-electron chi connectivity index (χ4n) is 1.88. The Morgan fingerprint density at radius 1 is 1.21 bits per heavy atom. The molecule has 19 heavy (non-hydrogen) atoms. The molecule has 0 saturated heterocycles. The maximum Gasteiger partial charge on any atom is 0.221 e. The van der Waals surface area contributed by atoms with E-state index in [-0.39, 0.29) is 5.91 Å². The molecular formula is C15H18N2O2. The van der Waals surface area contributed by atoms with Crippen LogP contribution in [0, 0.1) is 0 Å². The van der Waals surface area contributed by atoms with Crippen LogP contribution in [0.2, 0.25) is 0 Å². The molecule has 0 radical (unpaired) electrons. The predicted molar refractivity (Wildman–Crippen MR) is 74.9 cm³/mol. The van der Waals surface area contributed by atoms with Gasteiger partial charge in [-0.15, -0.1) is 0 Å². The number of carbonyl (C=O) groups excluding carboxylic acids is 1. The Bertz CT molecular complexity index is 521. The smallest absolute Gasteiger partial charge is 0.221 e. The standard InChI is InChI=1S/C15H18N2O2/c1-12(18)17-15-7-3-2-5-13(15)11-16-9-8-14-6-4-10-19-14/h2-7,10,16H,8-9,11H2,1H3,(H,17,18). The molecular weight excluding hydrogens is 240 g/mol. The second-order valence-electron chi connectivity index (χ2n) is 4.34. The highest BCUT2D eigenvalue weighted by atomic mass is 16.3. The molecule has 2 rings (SSSR count). The van der Waals surface area contributed by atoms with Crippen LogP contribution < -0.4 is 10.6 Å². The first-order chi connectivity index (χ1) is 9.25. The molecule has 2 N–H and O–H groups in total. The number of nitrogens with one attached hydrogen (secondary N) is 2. The zero-order chi connectivity index (χ0) is 13.5. The third-order valence-corrected chi connectivity index (χ3v) is 2.77. The number of hydrogen-bond donors (Lipinski definition) is 2. The molecule has 0 spiro atoms. The molecule has 100 valence electrons. The maximum absolute atomic E-state index is 11.1. The third kappa shape index (κ3) is 4.26. The predicted octanol–water partition coefficient (Wildman–Crippen LogP) is 2.57. The van der Waals surface area contributed by atoms with E-state index in [0.717, 1.165) is 36.5 Å². The number of para-hydroxylation sites is 1. The van der Waals surface area contributed by atoms with E-state index in [1.807, 2.05) is 36.4 Å². The van der Waals surface area contributed by atoms with Crippen molar-refractivity contribution in [3.05, 3.63) is 54.0 Å². The molecule has 0 atom stereocenters. The van der Waals surface area contributed by atoms with E-state index in [1.54, 1.807) is 6.26 Å². The van der Waals surface area contributed by atoms with Crippen molar-refractivity contribution in [3.8, 4) is 0 Å². The lowest BCUT2D eigenvalue weighted by molar-refractivity contribution is -0.114. The molecule has 1 amide bonds. The van der Waals surface area contributed by atoms with Crippen LogP contribution in [0.15, 0.2) is 47.1 Å². The van der Waals surface area contributed by atoms with E-state index < -0.39 is 0 Å². The van der Waals surface area contributed by atoms with Gasteiger partial charge in [-0.3, -0.25) is 4.79 Å². The lowest BCUT2D eigenvalue weighted by Crippen LogP contribution is -2.18. The Hall–Kier alpha value is -2.07. The Balaban J connectivity index is 1.83. The second kappa shape index (κ2) is 6.75. The highest BCUT2D eigenvalue weighted by Gasteiger charge is 2.03. The highest BCUT2D eigenvalue weighted by Crippen LogP contribution is 2.14. The number of furan rings is 1. The summed E-state index contributed by atoms with van der Waals surface area (Å²) in [4.78, 5) is 11.1. The van der Waals surface area contributed by atoms with Gasteiger partial charge in [0, 0.05) is 32.1 Å². The Morgan fingerprint density at radius 3 is 2.79 bits per heavy atom. The van der Waals surface area contributed by atoms with Crippen LogP contribution in [0.3, 0.4) is 0 Å². The van der Waals surface area contributed by atoms with Crippen molar-refractivity contribution < 1.29 is 9.21 Å². The van der Waals surface area contributed by atoms with Crippen molar-refractivity contribution in [2.75, 3.05) is 11.9 Å². The highest BCUT2D eigenvalue weighted by molar-refractivity contribution is 5.89. The van der Waals surface area contributed by atoms with Crippen LogP contribution in [0.5, 0.6) is 0 Å². The van der Waals surface area contributed by atoms with Crippen LogP contribution in [-0.2, 0) is 17.8 Å². The number of anilines is 1. The fourth-order valence-corrected chi connectivity index (χ4v) is 1.88. The summed E-state index contributed by atoms with van der Waals surface area (Å²) >= 11 is 0. The number of carbonyl (C=O) groups is 1. The maximum atomic E-state index is 11.1. The minimum atomic E-state index is -0.0527. The molecule has 0 bridgehead atoms. The Kier molecular flexibility index (Phi) is 4.75. The Morgan fingerprint density at radius 2 is 2.05 bits per heavy atom. The van der Waals surface area contributed by atoms with Crippen LogP contribution >= 0.6 is 0 Å². The van der Waals surface area contributed by atoms with Crippen LogP contribution in [0.1, 0.15) is 18.2 Å². The molecule has 4 nitrogen and oxygen atoms in total. The summed E-state index contributed by atoms with van der Waals surface area (Å²) in [6.45, 7) is 3.07. The second-order valence-corrected chi connectivity index (χ2v) is 4.34. The molecule has 4 heteroatoms. The van der Waals surface area contributed by atoms with Gasteiger partial charge in [0.25, 0.3) is 0 Å². The summed E-state index contributed by atoms with van der Waals surface area (Å²) in [6.07, 6.45) is 2.54. The first kappa shape index (κ1) is 13.4. The average Bonchev–Trinajstić information content (AvgIpc) is 2.89. The average molecular weight is 258 g/mol. The normalized spacial score (nSPS) is 10.4. The quantitative estimate of drug-likeness (QED) is 0.783.